The summed E-state index contributed by atoms with van der Waals surface area (Å²) >= 11 is 5.91. The molecule has 1 fully saturated rings. The number of aromatic nitrogens is 2. The van der Waals surface area contributed by atoms with Crippen molar-refractivity contribution in [3.63, 3.8) is 0 Å². The van der Waals surface area contributed by atoms with E-state index in [2.05, 4.69) is 9.97 Å². The summed E-state index contributed by atoms with van der Waals surface area (Å²) in [5, 5.41) is 11.5. The first-order chi connectivity index (χ1) is 18.9. The Balaban J connectivity index is 1.48. The molecule has 0 radical (unpaired) electrons. The predicted octanol–water partition coefficient (Wildman–Crippen LogP) is 5.59. The lowest BCUT2D eigenvalue weighted by Crippen LogP contribution is -2.47. The molecule has 40 heavy (non-hydrogen) atoms. The fourth-order valence-electron chi connectivity index (χ4n) is 4.97. The van der Waals surface area contributed by atoms with E-state index in [0.717, 1.165) is 11.8 Å². The second kappa shape index (κ2) is 12.3. The Labute approximate surface area is 238 Å². The summed E-state index contributed by atoms with van der Waals surface area (Å²) < 4.78 is 19.2. The second-order valence-electron chi connectivity index (χ2n) is 11.1. The second-order valence-corrected chi connectivity index (χ2v) is 11.5. The third kappa shape index (κ3) is 7.34. The van der Waals surface area contributed by atoms with Crippen LogP contribution in [-0.4, -0.2) is 61.6 Å². The van der Waals surface area contributed by atoms with Gasteiger partial charge >= 0.3 is 6.09 Å². The summed E-state index contributed by atoms with van der Waals surface area (Å²) in [7, 11) is 1.65. The molecule has 2 aromatic heterocycles. The molecule has 0 bridgehead atoms. The molecule has 0 saturated carbocycles. The fourth-order valence-corrected chi connectivity index (χ4v) is 5.08. The molecule has 0 aliphatic carbocycles. The molecular formula is C30H34ClFN4O4. The number of aliphatic hydroxyl groups excluding tert-OH is 1. The molecule has 3 aromatic rings. The van der Waals surface area contributed by atoms with Crippen LogP contribution in [0.15, 0.2) is 61.1 Å². The van der Waals surface area contributed by atoms with Crippen molar-refractivity contribution in [3.05, 3.63) is 94.3 Å². The Hall–Kier alpha value is -3.56. The zero-order valence-electron chi connectivity index (χ0n) is 23.1. The number of amides is 2. The maximum Gasteiger partial charge on any atom is 0.410 e. The number of benzene rings is 1. The van der Waals surface area contributed by atoms with Crippen LogP contribution >= 0.6 is 11.6 Å². The largest absolute Gasteiger partial charge is 0.444 e. The van der Waals surface area contributed by atoms with E-state index in [4.69, 9.17) is 16.3 Å². The SMILES string of the molecule is CN(Cc1cncc(F)c1)C(=O)c1ccc(CC2CCC(C(O)c3ccc(Cl)nc3)N2C(=O)OC(C)(C)C)cc1. The summed E-state index contributed by atoms with van der Waals surface area (Å²) in [6, 6.07) is 11.2. The molecule has 3 atom stereocenters. The van der Waals surface area contributed by atoms with E-state index >= 15 is 0 Å². The number of carbonyl (C=O) groups is 2. The van der Waals surface area contributed by atoms with Crippen LogP contribution in [0.5, 0.6) is 0 Å². The van der Waals surface area contributed by atoms with Gasteiger partial charge in [-0.05, 0) is 75.4 Å². The average Bonchev–Trinajstić information content (AvgIpc) is 3.31. The van der Waals surface area contributed by atoms with Gasteiger partial charge in [0.1, 0.15) is 22.7 Å². The van der Waals surface area contributed by atoms with Crippen molar-refractivity contribution in [2.24, 2.45) is 0 Å². The minimum atomic E-state index is -0.953. The van der Waals surface area contributed by atoms with E-state index in [-0.39, 0.29) is 18.5 Å². The molecule has 1 aliphatic heterocycles. The number of rotatable bonds is 7. The van der Waals surface area contributed by atoms with Crippen molar-refractivity contribution in [3.8, 4) is 0 Å². The molecule has 1 aliphatic rings. The van der Waals surface area contributed by atoms with Crippen LogP contribution in [0.25, 0.3) is 0 Å². The van der Waals surface area contributed by atoms with Crippen molar-refractivity contribution in [1.82, 2.24) is 19.8 Å². The predicted molar refractivity (Wildman–Crippen MR) is 149 cm³/mol. The third-order valence-corrected chi connectivity index (χ3v) is 7.03. The van der Waals surface area contributed by atoms with Crippen molar-refractivity contribution in [1.29, 1.82) is 0 Å². The molecule has 2 amide bonds. The molecule has 10 heteroatoms. The smallest absolute Gasteiger partial charge is 0.410 e. The lowest BCUT2D eigenvalue weighted by Gasteiger charge is -2.34. The van der Waals surface area contributed by atoms with Gasteiger partial charge in [0.25, 0.3) is 5.91 Å². The molecular weight excluding hydrogens is 535 g/mol. The topological polar surface area (TPSA) is 95.9 Å². The van der Waals surface area contributed by atoms with E-state index < -0.39 is 29.7 Å². The zero-order valence-corrected chi connectivity index (χ0v) is 23.8. The Morgan fingerprint density at radius 1 is 1.12 bits per heavy atom. The van der Waals surface area contributed by atoms with Gasteiger partial charge in [-0.3, -0.25) is 14.7 Å². The van der Waals surface area contributed by atoms with Gasteiger partial charge in [0.15, 0.2) is 0 Å². The Morgan fingerprint density at radius 2 is 1.85 bits per heavy atom. The van der Waals surface area contributed by atoms with E-state index in [1.54, 1.807) is 36.2 Å². The number of aliphatic hydroxyl groups is 1. The van der Waals surface area contributed by atoms with Crippen molar-refractivity contribution >= 4 is 23.6 Å². The number of ether oxygens (including phenoxy) is 1. The van der Waals surface area contributed by atoms with Crippen molar-refractivity contribution in [2.75, 3.05) is 7.05 Å². The monoisotopic (exact) mass is 568 g/mol. The summed E-state index contributed by atoms with van der Waals surface area (Å²) in [5.74, 6) is -0.651. The van der Waals surface area contributed by atoms with Crippen LogP contribution in [-0.2, 0) is 17.7 Å². The van der Waals surface area contributed by atoms with Crippen molar-refractivity contribution in [2.45, 2.75) is 70.4 Å². The van der Waals surface area contributed by atoms with Crippen LogP contribution in [0.2, 0.25) is 5.15 Å². The maximum atomic E-state index is 13.5. The highest BCUT2D eigenvalue weighted by molar-refractivity contribution is 6.29. The molecule has 212 valence electrons. The summed E-state index contributed by atoms with van der Waals surface area (Å²) in [6.07, 6.45) is 4.52. The molecule has 1 aromatic carbocycles. The van der Waals surface area contributed by atoms with Gasteiger partial charge < -0.3 is 14.7 Å². The summed E-state index contributed by atoms with van der Waals surface area (Å²) in [6.45, 7) is 5.65. The Kier molecular flexibility index (Phi) is 9.05. The first kappa shape index (κ1) is 29.4. The number of halogens is 2. The van der Waals surface area contributed by atoms with Crippen LogP contribution in [0.3, 0.4) is 0 Å². The number of hydrogen-bond donors (Lipinski definition) is 1. The standard InChI is InChI=1S/C30H34ClFN4O4/c1-30(2,3)40-29(39)36-24(10-11-25(36)27(37)22-9-12-26(31)34-16-22)14-19-5-7-21(8-6-19)28(38)35(4)18-20-13-23(32)17-33-15-20/h5-9,12-13,15-17,24-25,27,37H,10-11,14,18H2,1-4H3. The third-order valence-electron chi connectivity index (χ3n) is 6.81. The number of likely N-dealkylation sites (tertiary alicyclic amines) is 1. The lowest BCUT2D eigenvalue weighted by atomic mass is 10.0. The first-order valence-corrected chi connectivity index (χ1v) is 13.5. The van der Waals surface area contributed by atoms with Gasteiger partial charge in [-0.2, -0.15) is 0 Å². The summed E-state index contributed by atoms with van der Waals surface area (Å²) in [4.78, 5) is 37.3. The minimum Gasteiger partial charge on any atom is -0.444 e. The molecule has 3 unspecified atom stereocenters. The molecule has 0 spiro atoms. The number of nitrogens with zero attached hydrogens (tertiary/aromatic N) is 4. The zero-order chi connectivity index (χ0) is 29.0. The van der Waals surface area contributed by atoms with E-state index in [0.29, 0.717) is 41.1 Å². The highest BCUT2D eigenvalue weighted by atomic mass is 35.5. The molecule has 3 heterocycles. The normalized spacial score (nSPS) is 17.9. The molecule has 1 N–H and O–H groups in total. The van der Waals surface area contributed by atoms with Crippen LogP contribution < -0.4 is 0 Å². The van der Waals surface area contributed by atoms with E-state index in [9.17, 15) is 19.1 Å². The molecule has 4 rings (SSSR count). The van der Waals surface area contributed by atoms with Gasteiger partial charge in [-0.1, -0.05) is 29.8 Å². The highest BCUT2D eigenvalue weighted by Gasteiger charge is 2.43. The lowest BCUT2D eigenvalue weighted by molar-refractivity contribution is -0.00458. The Bertz CT molecular complexity index is 1330. The fraction of sp³-hybridized carbons (Fsp3) is 0.400. The highest BCUT2D eigenvalue weighted by Crippen LogP contribution is 2.36. The van der Waals surface area contributed by atoms with Crippen LogP contribution in [0, 0.1) is 5.82 Å². The van der Waals surface area contributed by atoms with Crippen LogP contribution in [0.4, 0.5) is 9.18 Å². The molecule has 1 saturated heterocycles. The number of hydrogen-bond acceptors (Lipinski definition) is 6. The van der Waals surface area contributed by atoms with Gasteiger partial charge in [0.05, 0.1) is 12.2 Å². The first-order valence-electron chi connectivity index (χ1n) is 13.2. The maximum absolute atomic E-state index is 13.5. The summed E-state index contributed by atoms with van der Waals surface area (Å²) in [5.41, 5.74) is 1.91. The average molecular weight is 569 g/mol. The van der Waals surface area contributed by atoms with E-state index in [1.165, 1.54) is 23.4 Å². The van der Waals surface area contributed by atoms with Gasteiger partial charge in [0, 0.05) is 43.2 Å². The van der Waals surface area contributed by atoms with Gasteiger partial charge in [-0.25, -0.2) is 14.2 Å². The van der Waals surface area contributed by atoms with Crippen molar-refractivity contribution < 1.29 is 23.8 Å². The quantitative estimate of drug-likeness (QED) is 0.374. The number of pyridine rings is 2. The van der Waals surface area contributed by atoms with Gasteiger partial charge in [-0.15, -0.1) is 0 Å². The van der Waals surface area contributed by atoms with Crippen LogP contribution in [0.1, 0.15) is 66.8 Å². The van der Waals surface area contributed by atoms with Gasteiger partial charge in [0.2, 0.25) is 0 Å². The molecule has 8 nitrogen and oxygen atoms in total. The minimum absolute atomic E-state index is 0.202. The van der Waals surface area contributed by atoms with E-state index in [1.807, 2.05) is 32.9 Å². The number of carbonyl (C=O) groups excluding carboxylic acids is 2. The Morgan fingerprint density at radius 3 is 2.48 bits per heavy atom.